The van der Waals surface area contributed by atoms with E-state index in [1.54, 1.807) is 31.2 Å². The lowest BCUT2D eigenvalue weighted by atomic mass is 10.1. The van der Waals surface area contributed by atoms with Crippen LogP contribution in [0.1, 0.15) is 33.0 Å². The largest absolute Gasteiger partial charge is 0.366 e. The smallest absolute Gasteiger partial charge is 0.274 e. The van der Waals surface area contributed by atoms with Gasteiger partial charge < -0.3 is 10.6 Å². The average molecular weight is 364 g/mol. The number of hydrogen-bond acceptors (Lipinski definition) is 4. The highest BCUT2D eigenvalue weighted by atomic mass is 19.1. The maximum Gasteiger partial charge on any atom is 0.274 e. The first kappa shape index (κ1) is 18.5. The van der Waals surface area contributed by atoms with Crippen LogP contribution >= 0.6 is 0 Å². The number of benzene rings is 2. The highest BCUT2D eigenvalue weighted by Gasteiger charge is 2.13. The molecule has 0 aliphatic carbocycles. The van der Waals surface area contributed by atoms with E-state index >= 15 is 0 Å². The van der Waals surface area contributed by atoms with E-state index in [1.165, 1.54) is 6.07 Å². The molecule has 0 saturated carbocycles. The average Bonchev–Trinajstić information content (AvgIpc) is 2.63. The first-order valence-electron chi connectivity index (χ1n) is 8.64. The lowest BCUT2D eigenvalue weighted by Gasteiger charge is -2.12. The van der Waals surface area contributed by atoms with Gasteiger partial charge in [-0.15, -0.1) is 0 Å². The summed E-state index contributed by atoms with van der Waals surface area (Å²) < 4.78 is 13.8. The molecule has 3 aromatic rings. The van der Waals surface area contributed by atoms with Gasteiger partial charge in [0.2, 0.25) is 0 Å². The van der Waals surface area contributed by atoms with Crippen molar-refractivity contribution in [1.82, 2.24) is 9.97 Å². The number of nitrogens with one attached hydrogen (secondary N) is 2. The number of amides is 1. The Bertz CT molecular complexity index is 967. The lowest BCUT2D eigenvalue weighted by Crippen LogP contribution is -2.17. The number of nitrogens with zero attached hydrogens (tertiary/aromatic N) is 2. The summed E-state index contributed by atoms with van der Waals surface area (Å²) in [7, 11) is 0. The molecule has 0 atom stereocenters. The Kier molecular flexibility index (Phi) is 5.45. The summed E-state index contributed by atoms with van der Waals surface area (Å²) in [4.78, 5) is 21.2. The zero-order valence-corrected chi connectivity index (χ0v) is 15.5. The molecular weight excluding hydrogens is 343 g/mol. The van der Waals surface area contributed by atoms with E-state index in [1.807, 2.05) is 32.0 Å². The molecule has 0 bridgehead atoms. The fraction of sp³-hybridized carbons (Fsp3) is 0.190. The van der Waals surface area contributed by atoms with Crippen LogP contribution in [0, 0.1) is 26.6 Å². The molecule has 1 aromatic heterocycles. The molecule has 2 N–H and O–H groups in total. The van der Waals surface area contributed by atoms with E-state index in [-0.39, 0.29) is 24.0 Å². The number of carbonyl (C=O) groups is 1. The molecule has 3 rings (SSSR count). The summed E-state index contributed by atoms with van der Waals surface area (Å²) in [6.45, 7) is 5.86. The molecule has 1 heterocycles. The number of para-hydroxylation sites is 1. The van der Waals surface area contributed by atoms with Crippen molar-refractivity contribution < 1.29 is 9.18 Å². The van der Waals surface area contributed by atoms with E-state index in [0.717, 1.165) is 16.8 Å². The standard InChI is InChI=1S/C21H21FN4O/c1-13-7-6-8-14(2)20(13)26-21(27)18-11-19(25-15(3)24-18)23-12-16-9-4-5-10-17(16)22/h4-11H,12H2,1-3H3,(H,26,27)(H,23,24,25). The van der Waals surface area contributed by atoms with Crippen molar-refractivity contribution in [2.45, 2.75) is 27.3 Å². The predicted molar refractivity (Wildman–Crippen MR) is 104 cm³/mol. The van der Waals surface area contributed by atoms with Crippen LogP contribution in [0.15, 0.2) is 48.5 Å². The molecule has 1 amide bonds. The minimum atomic E-state index is -0.313. The van der Waals surface area contributed by atoms with E-state index in [2.05, 4.69) is 20.6 Å². The Hall–Kier alpha value is -3.28. The molecule has 0 spiro atoms. The van der Waals surface area contributed by atoms with Crippen LogP contribution in [0.3, 0.4) is 0 Å². The fourth-order valence-corrected chi connectivity index (χ4v) is 2.79. The third kappa shape index (κ3) is 4.47. The van der Waals surface area contributed by atoms with Gasteiger partial charge in [0.25, 0.3) is 5.91 Å². The van der Waals surface area contributed by atoms with Crippen molar-refractivity contribution in [3.05, 3.63) is 82.6 Å². The zero-order valence-electron chi connectivity index (χ0n) is 15.5. The number of hydrogen-bond donors (Lipinski definition) is 2. The third-order valence-corrected chi connectivity index (χ3v) is 4.21. The van der Waals surface area contributed by atoms with Gasteiger partial charge in [-0.25, -0.2) is 14.4 Å². The van der Waals surface area contributed by atoms with Crippen LogP contribution in [-0.4, -0.2) is 15.9 Å². The normalized spacial score (nSPS) is 10.5. The van der Waals surface area contributed by atoms with Gasteiger partial charge in [-0.05, 0) is 38.0 Å². The number of carbonyl (C=O) groups excluding carboxylic acids is 1. The molecule has 0 saturated heterocycles. The highest BCUT2D eigenvalue weighted by molar-refractivity contribution is 6.04. The molecular formula is C21H21FN4O. The first-order valence-corrected chi connectivity index (χ1v) is 8.64. The van der Waals surface area contributed by atoms with Crippen molar-refractivity contribution >= 4 is 17.4 Å². The topological polar surface area (TPSA) is 66.9 Å². The Balaban J connectivity index is 1.78. The van der Waals surface area contributed by atoms with Crippen molar-refractivity contribution in [3.8, 4) is 0 Å². The van der Waals surface area contributed by atoms with E-state index in [4.69, 9.17) is 0 Å². The Morgan fingerprint density at radius 2 is 1.70 bits per heavy atom. The zero-order chi connectivity index (χ0) is 19.4. The maximum absolute atomic E-state index is 13.8. The van der Waals surface area contributed by atoms with Crippen LogP contribution in [0.25, 0.3) is 0 Å². The molecule has 0 aliphatic heterocycles. The monoisotopic (exact) mass is 364 g/mol. The number of aromatic nitrogens is 2. The molecule has 27 heavy (non-hydrogen) atoms. The maximum atomic E-state index is 13.8. The number of halogens is 1. The van der Waals surface area contributed by atoms with Gasteiger partial charge in [0.1, 0.15) is 23.2 Å². The van der Waals surface area contributed by atoms with Crippen molar-refractivity contribution in [2.24, 2.45) is 0 Å². The molecule has 138 valence electrons. The number of anilines is 2. The van der Waals surface area contributed by atoms with Crippen LogP contribution in [0.2, 0.25) is 0 Å². The highest BCUT2D eigenvalue weighted by Crippen LogP contribution is 2.20. The van der Waals surface area contributed by atoms with Crippen molar-refractivity contribution in [2.75, 3.05) is 10.6 Å². The molecule has 2 aromatic carbocycles. The number of rotatable bonds is 5. The van der Waals surface area contributed by atoms with Crippen LogP contribution in [-0.2, 0) is 6.54 Å². The van der Waals surface area contributed by atoms with Gasteiger partial charge in [0.05, 0.1) is 0 Å². The summed E-state index contributed by atoms with van der Waals surface area (Å²) in [5.74, 6) is 0.327. The number of aryl methyl sites for hydroxylation is 3. The van der Waals surface area contributed by atoms with Crippen molar-refractivity contribution in [1.29, 1.82) is 0 Å². The summed E-state index contributed by atoms with van der Waals surface area (Å²) in [5.41, 5.74) is 3.51. The fourth-order valence-electron chi connectivity index (χ4n) is 2.79. The van der Waals surface area contributed by atoms with Gasteiger partial charge in [-0.2, -0.15) is 0 Å². The second-order valence-electron chi connectivity index (χ2n) is 6.35. The summed E-state index contributed by atoms with van der Waals surface area (Å²) in [6, 6.07) is 13.9. The molecule has 0 unspecified atom stereocenters. The molecule has 0 aliphatic rings. The summed E-state index contributed by atoms with van der Waals surface area (Å²) in [5, 5.41) is 5.97. The van der Waals surface area contributed by atoms with E-state index in [0.29, 0.717) is 17.2 Å². The van der Waals surface area contributed by atoms with Crippen LogP contribution < -0.4 is 10.6 Å². The van der Waals surface area contributed by atoms with Gasteiger partial charge in [0, 0.05) is 23.9 Å². The van der Waals surface area contributed by atoms with Crippen molar-refractivity contribution in [3.63, 3.8) is 0 Å². The van der Waals surface area contributed by atoms with Crippen LogP contribution in [0.4, 0.5) is 15.9 Å². The quantitative estimate of drug-likeness (QED) is 0.704. The van der Waals surface area contributed by atoms with Gasteiger partial charge in [-0.1, -0.05) is 36.4 Å². The third-order valence-electron chi connectivity index (χ3n) is 4.21. The SMILES string of the molecule is Cc1nc(NCc2ccccc2F)cc(C(=O)Nc2c(C)cccc2C)n1. The summed E-state index contributed by atoms with van der Waals surface area (Å²) in [6.07, 6.45) is 0. The van der Waals surface area contributed by atoms with Gasteiger partial charge in [-0.3, -0.25) is 4.79 Å². The summed E-state index contributed by atoms with van der Waals surface area (Å²) >= 11 is 0. The molecule has 0 radical (unpaired) electrons. The van der Waals surface area contributed by atoms with Gasteiger partial charge >= 0.3 is 0 Å². The Morgan fingerprint density at radius 1 is 1.00 bits per heavy atom. The molecule has 5 nitrogen and oxygen atoms in total. The van der Waals surface area contributed by atoms with E-state index < -0.39 is 0 Å². The first-order chi connectivity index (χ1) is 12.9. The minimum Gasteiger partial charge on any atom is -0.366 e. The second-order valence-corrected chi connectivity index (χ2v) is 6.35. The predicted octanol–water partition coefficient (Wildman–Crippen LogP) is 4.41. The Morgan fingerprint density at radius 3 is 2.41 bits per heavy atom. The van der Waals surface area contributed by atoms with Gasteiger partial charge in [0.15, 0.2) is 0 Å². The minimum absolute atomic E-state index is 0.251. The van der Waals surface area contributed by atoms with Crippen LogP contribution in [0.5, 0.6) is 0 Å². The lowest BCUT2D eigenvalue weighted by molar-refractivity contribution is 0.102. The Labute approximate surface area is 157 Å². The second kappa shape index (κ2) is 7.95. The molecule has 6 heteroatoms. The van der Waals surface area contributed by atoms with E-state index in [9.17, 15) is 9.18 Å². The molecule has 0 fully saturated rings.